The molecule has 1 aliphatic rings. The van der Waals surface area contributed by atoms with Crippen molar-refractivity contribution in [1.82, 2.24) is 10.6 Å². The van der Waals surface area contributed by atoms with Crippen LogP contribution in [0.15, 0.2) is 170 Å². The zero-order chi connectivity index (χ0) is 34.1. The Bertz CT molecular complexity index is 1900. The van der Waals surface area contributed by atoms with E-state index in [2.05, 4.69) is 126 Å². The fraction of sp³-hybridized carbons (Fsp3) is 0.159. The Kier molecular flexibility index (Phi) is 11.2. The van der Waals surface area contributed by atoms with Crippen molar-refractivity contribution in [3.8, 4) is 0 Å². The van der Waals surface area contributed by atoms with Crippen LogP contribution in [0, 0.1) is 0 Å². The van der Waals surface area contributed by atoms with Crippen LogP contribution in [0.25, 0.3) is 0 Å². The smallest absolute Gasteiger partial charge is 0.252 e. The molecular formula is C44H42N2O2P2. The molecule has 250 valence electrons. The summed E-state index contributed by atoms with van der Waals surface area (Å²) < 4.78 is 0. The molecule has 1 unspecified atom stereocenters. The summed E-state index contributed by atoms with van der Waals surface area (Å²) in [5.41, 5.74) is 1.58. The molecule has 0 aliphatic heterocycles. The Hall–Kier alpha value is -4.43. The number of aliphatic hydroxyl groups is 1. The average molecular weight is 693 g/mol. The van der Waals surface area contributed by atoms with Crippen LogP contribution in [-0.4, -0.2) is 23.1 Å². The first-order chi connectivity index (χ1) is 24.7. The largest absolute Gasteiger partial charge is 0.374 e. The summed E-state index contributed by atoms with van der Waals surface area (Å²) >= 11 is 0. The monoisotopic (exact) mass is 692 g/mol. The SMILES string of the molecule is O=C(N[C@H]1CCCC[C@@H]1NC(O)c1ccccc1P(c1ccccc1)c1ccccc1)c1ccccc1P(c1ccccc1)c1ccccc1. The number of benzene rings is 6. The molecule has 1 aliphatic carbocycles. The topological polar surface area (TPSA) is 61.4 Å². The van der Waals surface area contributed by atoms with Crippen LogP contribution in [0.4, 0.5) is 0 Å². The van der Waals surface area contributed by atoms with Gasteiger partial charge in [0.25, 0.3) is 5.91 Å². The molecule has 6 aromatic rings. The van der Waals surface area contributed by atoms with Crippen molar-refractivity contribution < 1.29 is 9.90 Å². The Labute approximate surface area is 298 Å². The number of amides is 1. The van der Waals surface area contributed by atoms with Crippen LogP contribution < -0.4 is 42.5 Å². The Balaban J connectivity index is 1.15. The van der Waals surface area contributed by atoms with Crippen molar-refractivity contribution in [3.63, 3.8) is 0 Å². The second-order valence-electron chi connectivity index (χ2n) is 12.6. The quantitative estimate of drug-likeness (QED) is 0.107. The maximum Gasteiger partial charge on any atom is 0.252 e. The van der Waals surface area contributed by atoms with Crippen LogP contribution in [-0.2, 0) is 0 Å². The predicted octanol–water partition coefficient (Wildman–Crippen LogP) is 6.52. The number of carbonyl (C=O) groups excluding carboxylic acids is 1. The second-order valence-corrected chi connectivity index (χ2v) is 17.0. The van der Waals surface area contributed by atoms with E-state index in [0.717, 1.165) is 41.9 Å². The van der Waals surface area contributed by atoms with E-state index in [1.165, 1.54) is 21.2 Å². The molecule has 3 N–H and O–H groups in total. The third kappa shape index (κ3) is 7.81. The zero-order valence-corrected chi connectivity index (χ0v) is 29.8. The van der Waals surface area contributed by atoms with Gasteiger partial charge in [0.2, 0.25) is 0 Å². The third-order valence-electron chi connectivity index (χ3n) is 9.37. The van der Waals surface area contributed by atoms with Gasteiger partial charge in [0, 0.05) is 23.2 Å². The Morgan fingerprint density at radius 2 is 0.920 bits per heavy atom. The minimum absolute atomic E-state index is 0.0646. The van der Waals surface area contributed by atoms with Crippen molar-refractivity contribution >= 4 is 53.6 Å². The van der Waals surface area contributed by atoms with Crippen molar-refractivity contribution in [2.24, 2.45) is 0 Å². The normalized spacial score (nSPS) is 16.6. The van der Waals surface area contributed by atoms with Gasteiger partial charge in [0.1, 0.15) is 6.23 Å². The first-order valence-corrected chi connectivity index (χ1v) is 20.1. The third-order valence-corrected chi connectivity index (χ3v) is 14.4. The lowest BCUT2D eigenvalue weighted by Gasteiger charge is -2.35. The van der Waals surface area contributed by atoms with Gasteiger partial charge in [-0.2, -0.15) is 0 Å². The van der Waals surface area contributed by atoms with Crippen molar-refractivity contribution in [2.45, 2.75) is 44.0 Å². The van der Waals surface area contributed by atoms with Crippen LogP contribution in [0.1, 0.15) is 47.8 Å². The van der Waals surface area contributed by atoms with Crippen LogP contribution in [0.2, 0.25) is 0 Å². The molecule has 3 atom stereocenters. The van der Waals surface area contributed by atoms with Crippen LogP contribution >= 0.6 is 15.8 Å². The summed E-state index contributed by atoms with van der Waals surface area (Å²) in [4.78, 5) is 14.3. The van der Waals surface area contributed by atoms with Gasteiger partial charge < -0.3 is 10.4 Å². The lowest BCUT2D eigenvalue weighted by atomic mass is 9.89. The molecule has 0 heterocycles. The highest BCUT2D eigenvalue weighted by Crippen LogP contribution is 2.36. The summed E-state index contributed by atoms with van der Waals surface area (Å²) in [6.45, 7) is 0. The Morgan fingerprint density at radius 3 is 1.44 bits per heavy atom. The molecule has 1 fully saturated rings. The van der Waals surface area contributed by atoms with E-state index in [-0.39, 0.29) is 18.0 Å². The summed E-state index contributed by atoms with van der Waals surface area (Å²) in [5, 5.41) is 26.0. The Morgan fingerprint density at radius 1 is 0.520 bits per heavy atom. The van der Waals surface area contributed by atoms with E-state index < -0.39 is 22.1 Å². The molecule has 6 aromatic carbocycles. The van der Waals surface area contributed by atoms with E-state index >= 15 is 0 Å². The number of aliphatic hydroxyl groups excluding tert-OH is 1. The van der Waals surface area contributed by atoms with E-state index in [1.54, 1.807) is 0 Å². The maximum atomic E-state index is 14.3. The van der Waals surface area contributed by atoms with Crippen molar-refractivity contribution in [1.29, 1.82) is 0 Å². The molecular weight excluding hydrogens is 650 g/mol. The highest BCUT2D eigenvalue weighted by atomic mass is 31.1. The highest BCUT2D eigenvalue weighted by Gasteiger charge is 2.31. The van der Waals surface area contributed by atoms with Gasteiger partial charge in [0.15, 0.2) is 0 Å². The minimum atomic E-state index is -0.941. The molecule has 6 heteroatoms. The number of rotatable bonds is 11. The molecule has 1 saturated carbocycles. The first-order valence-electron chi connectivity index (χ1n) is 17.4. The van der Waals surface area contributed by atoms with Gasteiger partial charge in [-0.3, -0.25) is 10.1 Å². The number of carbonyl (C=O) groups is 1. The molecule has 7 rings (SSSR count). The summed E-state index contributed by atoms with van der Waals surface area (Å²) in [6, 6.07) is 58.3. The summed E-state index contributed by atoms with van der Waals surface area (Å²) in [5.74, 6) is -0.0646. The molecule has 0 saturated heterocycles. The number of hydrogen-bond acceptors (Lipinski definition) is 3. The first kappa shape index (κ1) is 34.0. The van der Waals surface area contributed by atoms with Gasteiger partial charge in [-0.1, -0.05) is 177 Å². The molecule has 1 amide bonds. The van der Waals surface area contributed by atoms with Crippen LogP contribution in [0.5, 0.6) is 0 Å². The van der Waals surface area contributed by atoms with E-state index in [9.17, 15) is 9.90 Å². The van der Waals surface area contributed by atoms with Gasteiger partial charge in [-0.25, -0.2) is 0 Å². The zero-order valence-electron chi connectivity index (χ0n) is 28.0. The lowest BCUT2D eigenvalue weighted by molar-refractivity contribution is 0.0841. The van der Waals surface area contributed by atoms with E-state index in [4.69, 9.17) is 0 Å². The lowest BCUT2D eigenvalue weighted by Crippen LogP contribution is -2.53. The number of nitrogens with one attached hydrogen (secondary N) is 2. The van der Waals surface area contributed by atoms with Gasteiger partial charge in [-0.15, -0.1) is 0 Å². The molecule has 0 bridgehead atoms. The molecule has 4 nitrogen and oxygen atoms in total. The standard InChI is InChI=1S/C44H42N2O2P2/c47-43(37-27-13-17-31-41(37)49(33-19-5-1-6-20-33)34-21-7-2-8-22-34)45-39-29-15-16-30-40(39)46-44(48)38-28-14-18-32-42(38)50(35-23-9-3-10-24-35)36-25-11-4-12-26-36/h1-14,17-28,31-32,39-40,43,45,47H,15-16,29-30H2,(H,46,48)/t39-,40-,43?/m0/s1. The fourth-order valence-corrected chi connectivity index (χ4v) is 11.9. The average Bonchev–Trinajstić information content (AvgIpc) is 3.18. The fourth-order valence-electron chi connectivity index (χ4n) is 6.99. The summed E-state index contributed by atoms with van der Waals surface area (Å²) in [7, 11) is -1.84. The molecule has 0 radical (unpaired) electrons. The molecule has 50 heavy (non-hydrogen) atoms. The van der Waals surface area contributed by atoms with Gasteiger partial charge in [0.05, 0.1) is 0 Å². The maximum absolute atomic E-state index is 14.3. The molecule has 0 aromatic heterocycles. The van der Waals surface area contributed by atoms with E-state index in [1.807, 2.05) is 54.6 Å². The van der Waals surface area contributed by atoms with Crippen LogP contribution in [0.3, 0.4) is 0 Å². The van der Waals surface area contributed by atoms with Gasteiger partial charge >= 0.3 is 0 Å². The number of hydrogen-bond donors (Lipinski definition) is 3. The predicted molar refractivity (Wildman–Crippen MR) is 212 cm³/mol. The minimum Gasteiger partial charge on any atom is -0.374 e. The molecule has 0 spiro atoms. The van der Waals surface area contributed by atoms with E-state index in [0.29, 0.717) is 5.56 Å². The second kappa shape index (κ2) is 16.5. The summed E-state index contributed by atoms with van der Waals surface area (Å²) in [6.07, 6.45) is 2.92. The highest BCUT2D eigenvalue weighted by molar-refractivity contribution is 7.80. The van der Waals surface area contributed by atoms with Crippen molar-refractivity contribution in [2.75, 3.05) is 0 Å². The van der Waals surface area contributed by atoms with Gasteiger partial charge in [-0.05, 0) is 66.6 Å². The van der Waals surface area contributed by atoms with Crippen molar-refractivity contribution in [3.05, 3.63) is 181 Å².